The zero-order chi connectivity index (χ0) is 16.8. The normalized spacial score (nSPS) is 49.4. The Kier molecular flexibility index (Phi) is 4.94. The first-order valence-electron chi connectivity index (χ1n) is 10.9. The highest BCUT2D eigenvalue weighted by atomic mass is 14.8. The zero-order valence-electron chi connectivity index (χ0n) is 16.8. The van der Waals surface area contributed by atoms with Crippen molar-refractivity contribution in [2.45, 2.75) is 99.3 Å². The number of hydrogen-bond donors (Lipinski definition) is 0. The molecule has 0 bridgehead atoms. The van der Waals surface area contributed by atoms with Crippen LogP contribution in [0.3, 0.4) is 0 Å². The van der Waals surface area contributed by atoms with Crippen molar-refractivity contribution in [3.05, 3.63) is 0 Å². The van der Waals surface area contributed by atoms with Crippen molar-refractivity contribution in [2.75, 3.05) is 0 Å². The van der Waals surface area contributed by atoms with E-state index in [4.69, 9.17) is 0 Å². The fourth-order valence-electron chi connectivity index (χ4n) is 7.26. The second kappa shape index (κ2) is 6.38. The summed E-state index contributed by atoms with van der Waals surface area (Å²) in [6, 6.07) is 0. The van der Waals surface area contributed by atoms with Gasteiger partial charge in [-0.15, -0.1) is 0 Å². The lowest BCUT2D eigenvalue weighted by atomic mass is 9.68. The van der Waals surface area contributed by atoms with Gasteiger partial charge in [0.15, 0.2) is 0 Å². The van der Waals surface area contributed by atoms with Gasteiger partial charge in [-0.2, -0.15) is 0 Å². The van der Waals surface area contributed by atoms with E-state index in [1.807, 2.05) is 0 Å². The summed E-state index contributed by atoms with van der Waals surface area (Å²) >= 11 is 0. The van der Waals surface area contributed by atoms with Gasteiger partial charge in [-0.1, -0.05) is 73.6 Å². The molecule has 0 aromatic rings. The molecular formula is C23H42. The fraction of sp³-hybridized carbons (Fsp3) is 1.00. The highest BCUT2D eigenvalue weighted by molar-refractivity contribution is 5.21. The summed E-state index contributed by atoms with van der Waals surface area (Å²) in [5.41, 5.74) is 1.27. The van der Waals surface area contributed by atoms with Crippen molar-refractivity contribution in [3.63, 3.8) is 0 Å². The van der Waals surface area contributed by atoms with Gasteiger partial charge >= 0.3 is 0 Å². The topological polar surface area (TPSA) is 0 Å². The average molecular weight is 319 g/mol. The van der Waals surface area contributed by atoms with E-state index in [9.17, 15) is 0 Å². The Labute approximate surface area is 146 Å². The summed E-state index contributed by atoms with van der Waals surface area (Å²) < 4.78 is 0. The molecule has 0 heteroatoms. The fourth-order valence-corrected chi connectivity index (χ4v) is 7.26. The van der Waals surface area contributed by atoms with Gasteiger partial charge in [-0.05, 0) is 72.0 Å². The third-order valence-corrected chi connectivity index (χ3v) is 9.40. The van der Waals surface area contributed by atoms with Crippen LogP contribution in [0.1, 0.15) is 99.3 Å². The van der Waals surface area contributed by atoms with Crippen LogP contribution in [-0.2, 0) is 0 Å². The minimum Gasteiger partial charge on any atom is -0.0654 e. The third-order valence-electron chi connectivity index (χ3n) is 9.40. The summed E-state index contributed by atoms with van der Waals surface area (Å²) in [4.78, 5) is 0. The highest BCUT2D eigenvalue weighted by Gasteiger charge is 2.73. The Morgan fingerprint density at radius 1 is 1.00 bits per heavy atom. The van der Waals surface area contributed by atoms with E-state index in [0.717, 1.165) is 35.5 Å². The Morgan fingerprint density at radius 2 is 1.70 bits per heavy atom. The highest BCUT2D eigenvalue weighted by Crippen LogP contribution is 2.79. The largest absolute Gasteiger partial charge is 0.0654 e. The van der Waals surface area contributed by atoms with Crippen LogP contribution in [0.4, 0.5) is 0 Å². The smallest absolute Gasteiger partial charge is 0.0204 e. The second-order valence-corrected chi connectivity index (χ2v) is 9.95. The standard InChI is InChI=1S/C23H42/c1-7-10-17-11-12-19-15-20(19)21(18(8-2)9-3)23(6)16(4)22(23,5)14-13-17/h16-21H,7-15H2,1-6H3. The van der Waals surface area contributed by atoms with E-state index in [0.29, 0.717) is 10.8 Å². The minimum atomic E-state index is 0.636. The van der Waals surface area contributed by atoms with Crippen molar-refractivity contribution >= 4 is 0 Å². The van der Waals surface area contributed by atoms with E-state index in [-0.39, 0.29) is 0 Å². The molecule has 0 aromatic carbocycles. The Morgan fingerprint density at radius 3 is 2.30 bits per heavy atom. The summed E-state index contributed by atoms with van der Waals surface area (Å²) in [7, 11) is 0. The van der Waals surface area contributed by atoms with Crippen LogP contribution in [0.15, 0.2) is 0 Å². The molecule has 23 heavy (non-hydrogen) atoms. The maximum Gasteiger partial charge on any atom is -0.0204 e. The van der Waals surface area contributed by atoms with Crippen LogP contribution in [0.25, 0.3) is 0 Å². The molecule has 0 amide bonds. The quantitative estimate of drug-likeness (QED) is 0.498. The van der Waals surface area contributed by atoms with Crippen LogP contribution in [0.5, 0.6) is 0 Å². The molecule has 3 saturated carbocycles. The Bertz CT molecular complexity index is 408. The lowest BCUT2D eigenvalue weighted by molar-refractivity contribution is 0.119. The summed E-state index contributed by atoms with van der Waals surface area (Å²) in [6.45, 7) is 15.2. The predicted molar refractivity (Wildman–Crippen MR) is 101 cm³/mol. The number of rotatable bonds is 5. The van der Waals surface area contributed by atoms with Crippen molar-refractivity contribution < 1.29 is 0 Å². The van der Waals surface area contributed by atoms with E-state index in [1.165, 1.54) is 44.9 Å². The molecule has 0 radical (unpaired) electrons. The van der Waals surface area contributed by atoms with E-state index >= 15 is 0 Å². The molecule has 3 rings (SSSR count). The van der Waals surface area contributed by atoms with Crippen molar-refractivity contribution in [3.8, 4) is 0 Å². The first-order chi connectivity index (χ1) is 10.9. The maximum atomic E-state index is 2.70. The third kappa shape index (κ3) is 2.71. The van der Waals surface area contributed by atoms with Crippen LogP contribution < -0.4 is 0 Å². The maximum absolute atomic E-state index is 2.70. The molecule has 3 aliphatic rings. The molecule has 0 nitrogen and oxygen atoms in total. The van der Waals surface area contributed by atoms with Gasteiger partial charge in [0, 0.05) is 0 Å². The Hall–Kier alpha value is 0. The number of fused-ring (bicyclic) bond motifs is 2. The minimum absolute atomic E-state index is 0.636. The molecule has 7 unspecified atom stereocenters. The molecule has 3 aliphatic carbocycles. The molecule has 0 spiro atoms. The van der Waals surface area contributed by atoms with E-state index in [1.54, 1.807) is 12.8 Å². The molecule has 7 atom stereocenters. The average Bonchev–Trinajstić information content (AvgIpc) is 3.39. The van der Waals surface area contributed by atoms with Gasteiger partial charge in [0.1, 0.15) is 0 Å². The van der Waals surface area contributed by atoms with Crippen LogP contribution in [0, 0.1) is 46.3 Å². The predicted octanol–water partition coefficient (Wildman–Crippen LogP) is 7.33. The molecule has 134 valence electrons. The zero-order valence-corrected chi connectivity index (χ0v) is 16.8. The first-order valence-corrected chi connectivity index (χ1v) is 10.9. The Balaban J connectivity index is 1.85. The lowest BCUT2D eigenvalue weighted by Gasteiger charge is -2.36. The van der Waals surface area contributed by atoms with E-state index < -0.39 is 0 Å². The lowest BCUT2D eigenvalue weighted by Crippen LogP contribution is -2.30. The van der Waals surface area contributed by atoms with Crippen molar-refractivity contribution in [1.82, 2.24) is 0 Å². The van der Waals surface area contributed by atoms with Crippen LogP contribution in [-0.4, -0.2) is 0 Å². The molecule has 0 N–H and O–H groups in total. The van der Waals surface area contributed by atoms with Gasteiger partial charge in [0.25, 0.3) is 0 Å². The molecule has 0 aromatic heterocycles. The summed E-state index contributed by atoms with van der Waals surface area (Å²) in [5.74, 6) is 6.14. The van der Waals surface area contributed by atoms with Gasteiger partial charge < -0.3 is 0 Å². The van der Waals surface area contributed by atoms with E-state index in [2.05, 4.69) is 41.5 Å². The van der Waals surface area contributed by atoms with Gasteiger partial charge in [0.05, 0.1) is 0 Å². The SMILES string of the molecule is CCCC1CCC2CC2C(C(CC)CC)C2(C)C(C)C2(C)CC1. The second-order valence-electron chi connectivity index (χ2n) is 9.95. The monoisotopic (exact) mass is 318 g/mol. The molecule has 0 saturated heterocycles. The van der Waals surface area contributed by atoms with Crippen LogP contribution in [0.2, 0.25) is 0 Å². The van der Waals surface area contributed by atoms with Crippen molar-refractivity contribution in [1.29, 1.82) is 0 Å². The molecular weight excluding hydrogens is 276 g/mol. The molecule has 0 aliphatic heterocycles. The summed E-state index contributed by atoms with van der Waals surface area (Å²) in [5, 5.41) is 0. The number of hydrogen-bond acceptors (Lipinski definition) is 0. The van der Waals surface area contributed by atoms with Gasteiger partial charge in [-0.3, -0.25) is 0 Å². The molecule has 0 heterocycles. The van der Waals surface area contributed by atoms with Gasteiger partial charge in [-0.25, -0.2) is 0 Å². The van der Waals surface area contributed by atoms with Crippen LogP contribution >= 0.6 is 0 Å². The van der Waals surface area contributed by atoms with Gasteiger partial charge in [0.2, 0.25) is 0 Å². The first kappa shape index (κ1) is 17.8. The molecule has 3 fully saturated rings. The summed E-state index contributed by atoms with van der Waals surface area (Å²) in [6.07, 6.45) is 13.3. The van der Waals surface area contributed by atoms with Crippen molar-refractivity contribution in [2.24, 2.45) is 46.3 Å².